The topological polar surface area (TPSA) is 71.7 Å². The van der Waals surface area contributed by atoms with Gasteiger partial charge >= 0.3 is 0 Å². The standard InChI is InChI=1S/C23H30N4O2S.HI/c1-3-21-17-27-22(30-21)12-15-26-23(25-14-11-20-5-4-16-29-20)24-13-10-18-6-8-19(28-2)9-7-18;/h4-9,16-17H,3,10-15H2,1-2H3,(H2,24,25,26);1H. The van der Waals surface area contributed by atoms with Crippen molar-refractivity contribution in [2.45, 2.75) is 32.6 Å². The average molecular weight is 554 g/mol. The second-order valence-electron chi connectivity index (χ2n) is 6.84. The van der Waals surface area contributed by atoms with Gasteiger partial charge in [0.05, 0.1) is 18.4 Å². The number of methoxy groups -OCH3 is 1. The molecule has 0 saturated heterocycles. The Bertz CT molecular complexity index is 895. The quantitative estimate of drug-likeness (QED) is 0.208. The molecule has 3 aromatic rings. The van der Waals surface area contributed by atoms with Gasteiger partial charge in [-0.2, -0.15) is 0 Å². The molecule has 31 heavy (non-hydrogen) atoms. The number of thiazole rings is 1. The second kappa shape index (κ2) is 14.1. The molecule has 0 aliphatic rings. The zero-order valence-electron chi connectivity index (χ0n) is 18.1. The number of halogens is 1. The van der Waals surface area contributed by atoms with E-state index in [2.05, 4.69) is 34.7 Å². The lowest BCUT2D eigenvalue weighted by atomic mass is 10.1. The van der Waals surface area contributed by atoms with Crippen molar-refractivity contribution in [2.24, 2.45) is 4.99 Å². The molecule has 0 aliphatic heterocycles. The Hall–Kier alpha value is -2.07. The van der Waals surface area contributed by atoms with Crippen LogP contribution in [0.25, 0.3) is 0 Å². The minimum absolute atomic E-state index is 0. The fourth-order valence-electron chi connectivity index (χ4n) is 2.94. The summed E-state index contributed by atoms with van der Waals surface area (Å²) in [7, 11) is 1.68. The third-order valence-electron chi connectivity index (χ3n) is 4.65. The summed E-state index contributed by atoms with van der Waals surface area (Å²) >= 11 is 1.77. The van der Waals surface area contributed by atoms with Gasteiger partial charge in [-0.05, 0) is 42.7 Å². The van der Waals surface area contributed by atoms with Crippen LogP contribution in [-0.2, 0) is 25.7 Å². The van der Waals surface area contributed by atoms with E-state index in [0.29, 0.717) is 6.54 Å². The number of hydrogen-bond donors (Lipinski definition) is 2. The Morgan fingerprint density at radius 1 is 1.10 bits per heavy atom. The van der Waals surface area contributed by atoms with Crippen LogP contribution in [0, 0.1) is 0 Å². The molecule has 2 aromatic heterocycles. The molecule has 0 saturated carbocycles. The molecule has 0 bridgehead atoms. The Morgan fingerprint density at radius 2 is 1.87 bits per heavy atom. The smallest absolute Gasteiger partial charge is 0.191 e. The number of aromatic nitrogens is 1. The van der Waals surface area contributed by atoms with Crippen LogP contribution in [0.1, 0.15) is 28.1 Å². The zero-order valence-corrected chi connectivity index (χ0v) is 21.2. The van der Waals surface area contributed by atoms with Crippen molar-refractivity contribution < 1.29 is 9.15 Å². The van der Waals surface area contributed by atoms with Gasteiger partial charge < -0.3 is 19.8 Å². The lowest BCUT2D eigenvalue weighted by Gasteiger charge is -2.12. The van der Waals surface area contributed by atoms with E-state index < -0.39 is 0 Å². The first-order valence-electron chi connectivity index (χ1n) is 10.4. The molecule has 0 unspecified atom stereocenters. The summed E-state index contributed by atoms with van der Waals surface area (Å²) in [5.41, 5.74) is 1.26. The van der Waals surface area contributed by atoms with Crippen LogP contribution in [0.3, 0.4) is 0 Å². The van der Waals surface area contributed by atoms with Crippen molar-refractivity contribution in [3.8, 4) is 5.75 Å². The molecule has 0 atom stereocenters. The zero-order chi connectivity index (χ0) is 21.0. The summed E-state index contributed by atoms with van der Waals surface area (Å²) in [5, 5.41) is 7.99. The highest BCUT2D eigenvalue weighted by Gasteiger charge is 2.03. The van der Waals surface area contributed by atoms with Crippen LogP contribution in [0.15, 0.2) is 58.3 Å². The number of aliphatic imine (C=N–C) groups is 1. The predicted octanol–water partition coefficient (Wildman–Crippen LogP) is 4.49. The highest BCUT2D eigenvalue weighted by Crippen LogP contribution is 2.14. The summed E-state index contributed by atoms with van der Waals surface area (Å²) in [6.07, 6.45) is 7.30. The molecule has 0 amide bonds. The van der Waals surface area contributed by atoms with Crippen molar-refractivity contribution in [3.63, 3.8) is 0 Å². The van der Waals surface area contributed by atoms with E-state index in [-0.39, 0.29) is 24.0 Å². The van der Waals surface area contributed by atoms with E-state index in [4.69, 9.17) is 14.1 Å². The number of benzene rings is 1. The van der Waals surface area contributed by atoms with Crippen molar-refractivity contribution in [1.29, 1.82) is 0 Å². The van der Waals surface area contributed by atoms with Gasteiger partial charge in [-0.25, -0.2) is 4.98 Å². The molecule has 0 spiro atoms. The van der Waals surface area contributed by atoms with Crippen LogP contribution in [0.5, 0.6) is 5.75 Å². The summed E-state index contributed by atoms with van der Waals surface area (Å²) < 4.78 is 10.6. The van der Waals surface area contributed by atoms with Gasteiger partial charge in [0.25, 0.3) is 0 Å². The van der Waals surface area contributed by atoms with Crippen molar-refractivity contribution in [2.75, 3.05) is 26.7 Å². The lowest BCUT2D eigenvalue weighted by molar-refractivity contribution is 0.414. The van der Waals surface area contributed by atoms with E-state index in [0.717, 1.165) is 61.2 Å². The molecule has 6 nitrogen and oxygen atoms in total. The molecule has 0 aliphatic carbocycles. The molecule has 168 valence electrons. The number of nitrogens with zero attached hydrogens (tertiary/aromatic N) is 2. The maximum Gasteiger partial charge on any atom is 0.191 e. The minimum Gasteiger partial charge on any atom is -0.497 e. The number of furan rings is 1. The largest absolute Gasteiger partial charge is 0.497 e. The van der Waals surface area contributed by atoms with E-state index in [1.807, 2.05) is 30.5 Å². The van der Waals surface area contributed by atoms with Gasteiger partial charge in [0, 0.05) is 43.5 Å². The Balaban J connectivity index is 0.00000341. The number of aryl methyl sites for hydroxylation is 1. The maximum absolute atomic E-state index is 5.41. The molecule has 0 radical (unpaired) electrons. The van der Waals surface area contributed by atoms with Crippen molar-refractivity contribution in [1.82, 2.24) is 15.6 Å². The fraction of sp³-hybridized carbons (Fsp3) is 0.391. The Kier molecular flexibility index (Phi) is 11.4. The molecular weight excluding hydrogens is 523 g/mol. The number of nitrogens with one attached hydrogen (secondary N) is 2. The second-order valence-corrected chi connectivity index (χ2v) is 8.03. The first-order chi connectivity index (χ1) is 14.8. The molecule has 8 heteroatoms. The Labute approximate surface area is 205 Å². The third-order valence-corrected chi connectivity index (χ3v) is 5.86. The third kappa shape index (κ3) is 8.90. The van der Waals surface area contributed by atoms with Gasteiger partial charge in [0.15, 0.2) is 5.96 Å². The minimum atomic E-state index is 0. The van der Waals surface area contributed by atoms with Crippen molar-refractivity contribution in [3.05, 3.63) is 70.1 Å². The van der Waals surface area contributed by atoms with Gasteiger partial charge in [-0.3, -0.25) is 4.99 Å². The first-order valence-corrected chi connectivity index (χ1v) is 11.2. The predicted molar refractivity (Wildman–Crippen MR) is 138 cm³/mol. The average Bonchev–Trinajstić information content (AvgIpc) is 3.46. The normalized spacial score (nSPS) is 11.1. The fourth-order valence-corrected chi connectivity index (χ4v) is 3.79. The van der Waals surface area contributed by atoms with E-state index in [1.54, 1.807) is 24.7 Å². The van der Waals surface area contributed by atoms with Crippen molar-refractivity contribution >= 4 is 41.3 Å². The van der Waals surface area contributed by atoms with Crippen LogP contribution < -0.4 is 15.4 Å². The Morgan fingerprint density at radius 3 is 2.52 bits per heavy atom. The highest BCUT2D eigenvalue weighted by molar-refractivity contribution is 14.0. The summed E-state index contributed by atoms with van der Waals surface area (Å²) in [6.45, 7) is 4.42. The number of guanidine groups is 1. The van der Waals surface area contributed by atoms with Crippen LogP contribution in [0.2, 0.25) is 0 Å². The first kappa shape index (κ1) is 25.2. The van der Waals surface area contributed by atoms with Crippen LogP contribution >= 0.6 is 35.3 Å². The summed E-state index contributed by atoms with van der Waals surface area (Å²) in [6, 6.07) is 12.1. The molecule has 1 aromatic carbocycles. The maximum atomic E-state index is 5.41. The lowest BCUT2D eigenvalue weighted by Crippen LogP contribution is -2.39. The van der Waals surface area contributed by atoms with Gasteiger partial charge in [0.2, 0.25) is 0 Å². The molecule has 3 rings (SSSR count). The SMILES string of the molecule is CCc1cnc(CCN=C(NCCc2ccc(OC)cc2)NCCc2ccco2)s1.I. The molecular formula is C23H31IN4O2S. The van der Waals surface area contributed by atoms with Crippen LogP contribution in [0.4, 0.5) is 0 Å². The number of hydrogen-bond acceptors (Lipinski definition) is 5. The van der Waals surface area contributed by atoms with Gasteiger partial charge in [-0.15, -0.1) is 35.3 Å². The molecule has 2 N–H and O–H groups in total. The van der Waals surface area contributed by atoms with E-state index in [1.165, 1.54) is 10.4 Å². The summed E-state index contributed by atoms with van der Waals surface area (Å²) in [5.74, 6) is 2.67. The van der Waals surface area contributed by atoms with Gasteiger partial charge in [-0.1, -0.05) is 19.1 Å². The monoisotopic (exact) mass is 554 g/mol. The summed E-state index contributed by atoms with van der Waals surface area (Å²) in [4.78, 5) is 10.5. The van der Waals surface area contributed by atoms with E-state index in [9.17, 15) is 0 Å². The molecule has 2 heterocycles. The van der Waals surface area contributed by atoms with Crippen LogP contribution in [-0.4, -0.2) is 37.7 Å². The number of ether oxygens (including phenoxy) is 1. The van der Waals surface area contributed by atoms with Gasteiger partial charge in [0.1, 0.15) is 11.5 Å². The molecule has 0 fully saturated rings. The van der Waals surface area contributed by atoms with E-state index >= 15 is 0 Å². The number of rotatable bonds is 11. The highest BCUT2D eigenvalue weighted by atomic mass is 127.